The Morgan fingerprint density at radius 3 is 2.53 bits per heavy atom. The second kappa shape index (κ2) is 3.99. The SMILES string of the molecule is Fc1ncc(Cl)cc1-c1cc(C(F)(F)F)[nH]n1. The molecule has 2 rings (SSSR count). The summed E-state index contributed by atoms with van der Waals surface area (Å²) in [5, 5.41) is 5.26. The summed E-state index contributed by atoms with van der Waals surface area (Å²) in [6.45, 7) is 0. The molecule has 0 atom stereocenters. The fourth-order valence-electron chi connectivity index (χ4n) is 1.21. The summed E-state index contributed by atoms with van der Waals surface area (Å²) in [7, 11) is 0. The van der Waals surface area contributed by atoms with E-state index in [0.717, 1.165) is 12.3 Å². The van der Waals surface area contributed by atoms with E-state index in [4.69, 9.17) is 11.6 Å². The molecule has 0 bridgehead atoms. The van der Waals surface area contributed by atoms with Crippen LogP contribution in [0.4, 0.5) is 17.6 Å². The number of hydrogen-bond acceptors (Lipinski definition) is 2. The van der Waals surface area contributed by atoms with Crippen molar-refractivity contribution in [2.75, 3.05) is 0 Å². The van der Waals surface area contributed by atoms with E-state index in [1.54, 1.807) is 5.10 Å². The Balaban J connectivity index is 2.47. The molecule has 2 aromatic heterocycles. The van der Waals surface area contributed by atoms with Gasteiger partial charge in [-0.1, -0.05) is 11.6 Å². The fraction of sp³-hybridized carbons (Fsp3) is 0.111. The normalized spacial score (nSPS) is 11.8. The molecule has 0 aromatic carbocycles. The Bertz CT molecular complexity index is 549. The highest BCUT2D eigenvalue weighted by atomic mass is 35.5. The Morgan fingerprint density at radius 1 is 1.24 bits per heavy atom. The maximum Gasteiger partial charge on any atom is 0.432 e. The van der Waals surface area contributed by atoms with Crippen molar-refractivity contribution in [2.45, 2.75) is 6.18 Å². The van der Waals surface area contributed by atoms with Crippen LogP contribution in [0.2, 0.25) is 5.02 Å². The predicted octanol–water partition coefficient (Wildman–Crippen LogP) is 3.28. The fourth-order valence-corrected chi connectivity index (χ4v) is 1.37. The van der Waals surface area contributed by atoms with Crippen molar-refractivity contribution in [1.29, 1.82) is 0 Å². The smallest absolute Gasteiger partial charge is 0.273 e. The second-order valence-corrected chi connectivity index (χ2v) is 3.59. The number of aromatic nitrogens is 3. The first kappa shape index (κ1) is 11.8. The minimum Gasteiger partial charge on any atom is -0.273 e. The van der Waals surface area contributed by atoms with Gasteiger partial charge in [-0.25, -0.2) is 4.98 Å². The lowest BCUT2D eigenvalue weighted by molar-refractivity contribution is -0.141. The highest BCUT2D eigenvalue weighted by Crippen LogP contribution is 2.31. The summed E-state index contributed by atoms with van der Waals surface area (Å²) >= 11 is 5.57. The monoisotopic (exact) mass is 265 g/mol. The zero-order valence-corrected chi connectivity index (χ0v) is 8.77. The molecule has 0 spiro atoms. The molecule has 0 radical (unpaired) electrons. The number of H-pyrrole nitrogens is 1. The van der Waals surface area contributed by atoms with Crippen LogP contribution in [-0.4, -0.2) is 15.2 Å². The van der Waals surface area contributed by atoms with Crippen LogP contribution >= 0.6 is 11.6 Å². The van der Waals surface area contributed by atoms with E-state index in [2.05, 4.69) is 10.1 Å². The van der Waals surface area contributed by atoms with E-state index >= 15 is 0 Å². The van der Waals surface area contributed by atoms with Crippen LogP contribution in [-0.2, 0) is 6.18 Å². The van der Waals surface area contributed by atoms with Crippen LogP contribution in [0.15, 0.2) is 18.3 Å². The molecule has 17 heavy (non-hydrogen) atoms. The number of nitrogens with one attached hydrogen (secondary N) is 1. The van der Waals surface area contributed by atoms with Gasteiger partial charge in [0.2, 0.25) is 5.95 Å². The standard InChI is InChI=1S/C9H4ClF4N3/c10-4-1-5(8(11)15-3-4)6-2-7(17-16-6)9(12,13)14/h1-3H,(H,16,17). The second-order valence-electron chi connectivity index (χ2n) is 3.16. The van der Waals surface area contributed by atoms with Gasteiger partial charge in [0.05, 0.1) is 16.3 Å². The van der Waals surface area contributed by atoms with Crippen molar-refractivity contribution >= 4 is 11.6 Å². The van der Waals surface area contributed by atoms with Gasteiger partial charge < -0.3 is 0 Å². The summed E-state index contributed by atoms with van der Waals surface area (Å²) in [6, 6.07) is 1.84. The topological polar surface area (TPSA) is 41.6 Å². The average Bonchev–Trinajstić information content (AvgIpc) is 2.70. The molecule has 2 heterocycles. The zero-order chi connectivity index (χ0) is 12.6. The van der Waals surface area contributed by atoms with Crippen molar-refractivity contribution in [3.63, 3.8) is 0 Å². The van der Waals surface area contributed by atoms with E-state index in [1.165, 1.54) is 0 Å². The quantitative estimate of drug-likeness (QED) is 0.635. The minimum absolute atomic E-state index is 0.109. The molecule has 0 aliphatic carbocycles. The largest absolute Gasteiger partial charge is 0.432 e. The van der Waals surface area contributed by atoms with Crippen LogP contribution < -0.4 is 0 Å². The summed E-state index contributed by atoms with van der Waals surface area (Å²) in [4.78, 5) is 3.29. The van der Waals surface area contributed by atoms with Gasteiger partial charge in [0.25, 0.3) is 0 Å². The van der Waals surface area contributed by atoms with E-state index in [0.29, 0.717) is 6.07 Å². The Kier molecular flexibility index (Phi) is 2.78. The predicted molar refractivity (Wildman–Crippen MR) is 51.8 cm³/mol. The van der Waals surface area contributed by atoms with Crippen molar-refractivity contribution in [3.05, 3.63) is 35.0 Å². The summed E-state index contributed by atoms with van der Waals surface area (Å²) in [5.41, 5.74) is -1.46. The van der Waals surface area contributed by atoms with Gasteiger partial charge in [-0.05, 0) is 12.1 Å². The van der Waals surface area contributed by atoms with Crippen LogP contribution in [0, 0.1) is 5.95 Å². The Labute approximate surface area is 97.4 Å². The maximum absolute atomic E-state index is 13.3. The zero-order valence-electron chi connectivity index (χ0n) is 8.02. The third-order valence-corrected chi connectivity index (χ3v) is 2.17. The van der Waals surface area contributed by atoms with Crippen LogP contribution in [0.3, 0.4) is 0 Å². The highest BCUT2D eigenvalue weighted by Gasteiger charge is 2.33. The molecule has 0 aliphatic rings. The van der Waals surface area contributed by atoms with Crippen molar-refractivity contribution in [3.8, 4) is 11.3 Å². The van der Waals surface area contributed by atoms with Gasteiger partial charge in [-0.3, -0.25) is 5.10 Å². The van der Waals surface area contributed by atoms with Gasteiger partial charge in [-0.2, -0.15) is 22.7 Å². The van der Waals surface area contributed by atoms with Crippen LogP contribution in [0.5, 0.6) is 0 Å². The lowest BCUT2D eigenvalue weighted by atomic mass is 10.2. The van der Waals surface area contributed by atoms with Crippen molar-refractivity contribution in [2.24, 2.45) is 0 Å². The van der Waals surface area contributed by atoms with E-state index < -0.39 is 17.8 Å². The Morgan fingerprint density at radius 2 is 1.94 bits per heavy atom. The summed E-state index contributed by atoms with van der Waals surface area (Å²) in [6.07, 6.45) is -3.51. The third kappa shape index (κ3) is 2.38. The summed E-state index contributed by atoms with van der Waals surface area (Å²) in [5.74, 6) is -0.936. The lowest BCUT2D eigenvalue weighted by Crippen LogP contribution is -2.04. The highest BCUT2D eigenvalue weighted by molar-refractivity contribution is 6.30. The maximum atomic E-state index is 13.3. The van der Waals surface area contributed by atoms with E-state index in [-0.39, 0.29) is 16.3 Å². The lowest BCUT2D eigenvalue weighted by Gasteiger charge is -2.00. The molecule has 1 N–H and O–H groups in total. The molecular weight excluding hydrogens is 262 g/mol. The first-order chi connectivity index (χ1) is 7.88. The molecule has 0 fully saturated rings. The van der Waals surface area contributed by atoms with Gasteiger partial charge in [0.15, 0.2) is 0 Å². The molecule has 2 aromatic rings. The number of hydrogen-bond donors (Lipinski definition) is 1. The number of pyridine rings is 1. The first-order valence-electron chi connectivity index (χ1n) is 4.32. The number of rotatable bonds is 1. The molecular formula is C9H4ClF4N3. The minimum atomic E-state index is -4.56. The number of nitrogens with zero attached hydrogens (tertiary/aromatic N) is 2. The first-order valence-corrected chi connectivity index (χ1v) is 4.70. The average molecular weight is 266 g/mol. The molecule has 0 unspecified atom stereocenters. The third-order valence-electron chi connectivity index (χ3n) is 1.96. The van der Waals surface area contributed by atoms with Gasteiger partial charge in [-0.15, -0.1) is 0 Å². The number of halogens is 5. The molecule has 3 nitrogen and oxygen atoms in total. The van der Waals surface area contributed by atoms with Gasteiger partial charge in [0, 0.05) is 6.20 Å². The molecule has 0 aliphatic heterocycles. The van der Waals surface area contributed by atoms with Gasteiger partial charge in [0.1, 0.15) is 5.69 Å². The van der Waals surface area contributed by atoms with E-state index in [1.807, 2.05) is 0 Å². The molecule has 0 amide bonds. The number of alkyl halides is 3. The molecule has 0 saturated carbocycles. The summed E-state index contributed by atoms with van der Waals surface area (Å²) < 4.78 is 50.1. The van der Waals surface area contributed by atoms with Crippen molar-refractivity contribution < 1.29 is 17.6 Å². The molecule has 8 heteroatoms. The van der Waals surface area contributed by atoms with Crippen LogP contribution in [0.25, 0.3) is 11.3 Å². The molecule has 0 saturated heterocycles. The van der Waals surface area contributed by atoms with Crippen LogP contribution in [0.1, 0.15) is 5.69 Å². The van der Waals surface area contributed by atoms with Crippen molar-refractivity contribution in [1.82, 2.24) is 15.2 Å². The number of aromatic amines is 1. The molecule has 90 valence electrons. The van der Waals surface area contributed by atoms with Gasteiger partial charge >= 0.3 is 6.18 Å². The van der Waals surface area contributed by atoms with E-state index in [9.17, 15) is 17.6 Å². The Hall–Kier alpha value is -1.63.